The number of carboxylic acids is 1. The second kappa shape index (κ2) is 10.5. The second-order valence-electron chi connectivity index (χ2n) is 7.32. The lowest BCUT2D eigenvalue weighted by atomic mass is 10.0. The molecule has 0 radical (unpaired) electrons. The Bertz CT molecular complexity index is 1250. The number of ether oxygens (including phenoxy) is 4. The Labute approximate surface area is 198 Å². The van der Waals surface area contributed by atoms with Gasteiger partial charge in [-0.05, 0) is 48.0 Å². The van der Waals surface area contributed by atoms with Crippen LogP contribution in [0, 0.1) is 5.82 Å². The fraction of sp³-hybridized carbons (Fsp3) is 0.120. The molecule has 0 saturated heterocycles. The molecule has 1 heterocycles. The number of rotatable bonds is 8. The molecule has 0 bridgehead atoms. The van der Waals surface area contributed by atoms with E-state index in [1.54, 1.807) is 48.5 Å². The van der Waals surface area contributed by atoms with E-state index < -0.39 is 35.8 Å². The van der Waals surface area contributed by atoms with Crippen molar-refractivity contribution in [1.29, 1.82) is 0 Å². The van der Waals surface area contributed by atoms with E-state index in [-0.39, 0.29) is 12.4 Å². The number of anilines is 1. The van der Waals surface area contributed by atoms with Gasteiger partial charge in [-0.25, -0.2) is 14.0 Å². The molecule has 10 heteroatoms. The molecule has 9 nitrogen and oxygen atoms in total. The second-order valence-corrected chi connectivity index (χ2v) is 7.32. The molecule has 180 valence electrons. The van der Waals surface area contributed by atoms with Gasteiger partial charge in [0.1, 0.15) is 5.75 Å². The fourth-order valence-electron chi connectivity index (χ4n) is 3.30. The largest absolute Gasteiger partial charge is 0.505 e. The van der Waals surface area contributed by atoms with Gasteiger partial charge in [0.2, 0.25) is 6.79 Å². The van der Waals surface area contributed by atoms with Crippen molar-refractivity contribution < 1.29 is 43.1 Å². The lowest BCUT2D eigenvalue weighted by Crippen LogP contribution is -2.30. The van der Waals surface area contributed by atoms with Crippen LogP contribution in [-0.4, -0.2) is 35.2 Å². The van der Waals surface area contributed by atoms with Crippen LogP contribution in [0.15, 0.2) is 78.9 Å². The van der Waals surface area contributed by atoms with Crippen molar-refractivity contribution in [3.05, 3.63) is 90.3 Å². The van der Waals surface area contributed by atoms with Crippen molar-refractivity contribution in [3.63, 3.8) is 0 Å². The molecule has 1 aliphatic heterocycles. The monoisotopic (exact) mass is 481 g/mol. The molecule has 3 N–H and O–H groups in total. The molecule has 0 saturated carbocycles. The van der Waals surface area contributed by atoms with Crippen LogP contribution < -0.4 is 19.5 Å². The number of carboxylic acid groups (broad SMARTS) is 1. The zero-order valence-electron chi connectivity index (χ0n) is 18.1. The zero-order valence-corrected chi connectivity index (χ0v) is 18.1. The van der Waals surface area contributed by atoms with Gasteiger partial charge >= 0.3 is 12.1 Å². The summed E-state index contributed by atoms with van der Waals surface area (Å²) in [6.45, 7) is 0.0616. The minimum absolute atomic E-state index is 0.0616. The number of phenolic OH excluding ortho intramolecular Hbond substituents is 1. The van der Waals surface area contributed by atoms with Crippen LogP contribution in [0.2, 0.25) is 0 Å². The Hall–Kier alpha value is -4.73. The van der Waals surface area contributed by atoms with Gasteiger partial charge in [0.25, 0.3) is 0 Å². The number of carbonyl (C=O) groups excluding carboxylic acids is 1. The molecule has 0 fully saturated rings. The summed E-state index contributed by atoms with van der Waals surface area (Å²) in [6, 6.07) is 16.6. The summed E-state index contributed by atoms with van der Waals surface area (Å²) in [7, 11) is 0. The molecule has 2 atom stereocenters. The summed E-state index contributed by atoms with van der Waals surface area (Å²) < 4.78 is 36.2. The number of nitrogens with one attached hydrogen (secondary N) is 1. The summed E-state index contributed by atoms with van der Waals surface area (Å²) >= 11 is 0. The highest BCUT2D eigenvalue weighted by Gasteiger charge is 2.29. The van der Waals surface area contributed by atoms with Crippen molar-refractivity contribution in [3.8, 4) is 23.0 Å². The van der Waals surface area contributed by atoms with E-state index in [9.17, 15) is 19.1 Å². The first-order valence-electron chi connectivity index (χ1n) is 10.4. The molecule has 4 rings (SSSR count). The number of amides is 1. The lowest BCUT2D eigenvalue weighted by molar-refractivity contribution is -0.131. The van der Waals surface area contributed by atoms with Crippen LogP contribution >= 0.6 is 0 Å². The number of hydrogen-bond donors (Lipinski definition) is 3. The molecule has 0 unspecified atom stereocenters. The zero-order chi connectivity index (χ0) is 24.8. The van der Waals surface area contributed by atoms with Crippen LogP contribution in [0.25, 0.3) is 0 Å². The van der Waals surface area contributed by atoms with Gasteiger partial charge in [-0.2, -0.15) is 0 Å². The highest BCUT2D eigenvalue weighted by atomic mass is 19.1. The minimum atomic E-state index is -1.30. The molecule has 3 aromatic carbocycles. The number of hydrogen-bond acceptors (Lipinski definition) is 7. The highest BCUT2D eigenvalue weighted by Crippen LogP contribution is 2.35. The lowest BCUT2D eigenvalue weighted by Gasteiger charge is -2.26. The number of aromatic hydroxyl groups is 1. The predicted octanol–water partition coefficient (Wildman–Crippen LogP) is 4.64. The van der Waals surface area contributed by atoms with E-state index in [0.717, 1.165) is 18.2 Å². The van der Waals surface area contributed by atoms with E-state index in [2.05, 4.69) is 5.32 Å². The van der Waals surface area contributed by atoms with E-state index in [1.807, 2.05) is 0 Å². The molecule has 1 amide bonds. The third kappa shape index (κ3) is 5.99. The Morgan fingerprint density at radius 2 is 1.80 bits per heavy atom. The third-order valence-corrected chi connectivity index (χ3v) is 4.90. The fourth-order valence-corrected chi connectivity index (χ4v) is 3.30. The summed E-state index contributed by atoms with van der Waals surface area (Å²) in [5.41, 5.74) is 0.466. The van der Waals surface area contributed by atoms with Crippen molar-refractivity contribution in [2.45, 2.75) is 12.2 Å². The Morgan fingerprint density at radius 1 is 1.03 bits per heavy atom. The van der Waals surface area contributed by atoms with Gasteiger partial charge in [0, 0.05) is 17.8 Å². The van der Waals surface area contributed by atoms with Crippen molar-refractivity contribution in [2.75, 3.05) is 12.1 Å². The van der Waals surface area contributed by atoms with Crippen molar-refractivity contribution >= 4 is 17.7 Å². The van der Waals surface area contributed by atoms with E-state index in [0.29, 0.717) is 22.9 Å². The third-order valence-electron chi connectivity index (χ3n) is 4.90. The molecule has 0 spiro atoms. The van der Waals surface area contributed by atoms with Crippen LogP contribution in [-0.2, 0) is 9.53 Å². The maximum atomic E-state index is 14.2. The Morgan fingerprint density at radius 3 is 2.54 bits per heavy atom. The first-order valence-corrected chi connectivity index (χ1v) is 10.4. The van der Waals surface area contributed by atoms with Gasteiger partial charge in [-0.15, -0.1) is 0 Å². The summed E-state index contributed by atoms with van der Waals surface area (Å²) in [4.78, 5) is 24.0. The SMILES string of the molecule is O=C(O)/C=C/[C@@H](Oc1ccccc1)[C@H](OC(=O)Nc1ccc2c(c1)OCO2)c1ccc(O)c(F)c1. The summed E-state index contributed by atoms with van der Waals surface area (Å²) in [5.74, 6) is -1.48. The number of halogens is 1. The molecule has 0 aliphatic carbocycles. The molecular weight excluding hydrogens is 461 g/mol. The topological polar surface area (TPSA) is 124 Å². The summed E-state index contributed by atoms with van der Waals surface area (Å²) in [5, 5.41) is 21.3. The summed E-state index contributed by atoms with van der Waals surface area (Å²) in [6.07, 6.45) is -1.38. The van der Waals surface area contributed by atoms with Crippen LogP contribution in [0.5, 0.6) is 23.0 Å². The average Bonchev–Trinajstić information content (AvgIpc) is 3.31. The van der Waals surface area contributed by atoms with Crippen LogP contribution in [0.3, 0.4) is 0 Å². The molecular formula is C25H20FNO8. The smallest absolute Gasteiger partial charge is 0.412 e. The average molecular weight is 481 g/mol. The molecule has 3 aromatic rings. The number of phenols is 1. The number of aliphatic carboxylic acids is 1. The number of para-hydroxylation sites is 1. The molecule has 1 aliphatic rings. The maximum Gasteiger partial charge on any atom is 0.412 e. The van der Waals surface area contributed by atoms with E-state index in [4.69, 9.17) is 24.1 Å². The highest BCUT2D eigenvalue weighted by molar-refractivity contribution is 5.85. The van der Waals surface area contributed by atoms with Crippen molar-refractivity contribution in [1.82, 2.24) is 0 Å². The Kier molecular flexibility index (Phi) is 7.01. The Balaban J connectivity index is 1.63. The quantitative estimate of drug-likeness (QED) is 0.398. The number of benzene rings is 3. The maximum absolute atomic E-state index is 14.2. The van der Waals surface area contributed by atoms with Gasteiger partial charge in [-0.3, -0.25) is 5.32 Å². The predicted molar refractivity (Wildman–Crippen MR) is 121 cm³/mol. The minimum Gasteiger partial charge on any atom is -0.505 e. The van der Waals surface area contributed by atoms with Crippen molar-refractivity contribution in [2.24, 2.45) is 0 Å². The van der Waals surface area contributed by atoms with Crippen LogP contribution in [0.4, 0.5) is 14.9 Å². The number of fused-ring (bicyclic) bond motifs is 1. The van der Waals surface area contributed by atoms with E-state index >= 15 is 0 Å². The molecule has 0 aromatic heterocycles. The van der Waals surface area contributed by atoms with Gasteiger partial charge < -0.3 is 29.2 Å². The normalized spacial score (nSPS) is 13.7. The standard InChI is InChI=1S/C25H20FNO8/c26-18-12-15(6-8-19(18)28)24(21(10-11-23(29)30)34-17-4-2-1-3-5-17)35-25(31)27-16-7-9-20-22(13-16)33-14-32-20/h1-13,21,24,28H,14H2,(H,27,31)(H,29,30)/b11-10+/t21-,24-/m1/s1. The van der Waals surface area contributed by atoms with E-state index in [1.165, 1.54) is 12.1 Å². The van der Waals surface area contributed by atoms with Gasteiger partial charge in [0.05, 0.1) is 0 Å². The van der Waals surface area contributed by atoms with Gasteiger partial charge in [0.15, 0.2) is 35.3 Å². The number of carbonyl (C=O) groups is 2. The first-order chi connectivity index (χ1) is 16.9. The van der Waals surface area contributed by atoms with Gasteiger partial charge in [-0.1, -0.05) is 24.3 Å². The van der Waals surface area contributed by atoms with Crippen LogP contribution in [0.1, 0.15) is 11.7 Å². The molecule has 35 heavy (non-hydrogen) atoms. The first kappa shape index (κ1) is 23.4.